The Kier molecular flexibility index (Phi) is 3.54. The normalized spacial score (nSPS) is 17.6. The molecule has 1 heterocycles. The van der Waals surface area contributed by atoms with Crippen molar-refractivity contribution in [3.05, 3.63) is 21.9 Å². The van der Waals surface area contributed by atoms with Gasteiger partial charge < -0.3 is 10.6 Å². The maximum absolute atomic E-state index is 12.0. The van der Waals surface area contributed by atoms with Gasteiger partial charge >= 0.3 is 0 Å². The molecule has 1 fully saturated rings. The van der Waals surface area contributed by atoms with E-state index in [0.717, 1.165) is 19.3 Å². The maximum Gasteiger partial charge on any atom is 0.224 e. The van der Waals surface area contributed by atoms with E-state index < -0.39 is 0 Å². The third-order valence-corrected chi connectivity index (χ3v) is 4.64. The molecular weight excluding hydrogens is 232 g/mol. The minimum atomic E-state index is -0.212. The second-order valence-corrected chi connectivity index (χ2v) is 6.17. The lowest BCUT2D eigenvalue weighted by Gasteiger charge is -2.38. The summed E-state index contributed by atoms with van der Waals surface area (Å²) >= 11 is 1.71. The zero-order chi connectivity index (χ0) is 12.5. The molecule has 1 saturated carbocycles. The molecule has 94 valence electrons. The lowest BCUT2D eigenvalue weighted by molar-refractivity contribution is -0.132. The molecule has 1 aromatic rings. The number of thiophene rings is 1. The van der Waals surface area contributed by atoms with Crippen molar-refractivity contribution in [3.8, 4) is 0 Å². The number of rotatable bonds is 4. The van der Waals surface area contributed by atoms with E-state index in [-0.39, 0.29) is 11.4 Å². The van der Waals surface area contributed by atoms with Crippen LogP contribution in [0.5, 0.6) is 0 Å². The fourth-order valence-corrected chi connectivity index (χ4v) is 3.07. The molecule has 1 aliphatic rings. The largest absolute Gasteiger partial charge is 0.341 e. The van der Waals surface area contributed by atoms with Gasteiger partial charge in [-0.1, -0.05) is 0 Å². The standard InChI is InChI=1S/C13H20N2OS/c1-10-4-7-17-11(10)9-15(2)12(16)8-13(14)5-3-6-13/h4,7H,3,5-6,8-9,14H2,1-2H3. The molecular formula is C13H20N2OS. The van der Waals surface area contributed by atoms with E-state index in [1.807, 2.05) is 7.05 Å². The summed E-state index contributed by atoms with van der Waals surface area (Å²) in [5.41, 5.74) is 7.15. The number of nitrogens with zero attached hydrogens (tertiary/aromatic N) is 1. The Morgan fingerprint density at radius 3 is 2.76 bits per heavy atom. The molecule has 3 nitrogen and oxygen atoms in total. The Morgan fingerprint density at radius 1 is 1.59 bits per heavy atom. The fraction of sp³-hybridized carbons (Fsp3) is 0.615. The number of nitrogens with two attached hydrogens (primary N) is 1. The fourth-order valence-electron chi connectivity index (χ4n) is 2.11. The summed E-state index contributed by atoms with van der Waals surface area (Å²) in [6, 6.07) is 2.09. The van der Waals surface area contributed by atoms with Crippen LogP contribution in [0.15, 0.2) is 11.4 Å². The predicted octanol–water partition coefficient (Wildman–Crippen LogP) is 2.29. The zero-order valence-corrected chi connectivity index (χ0v) is 11.3. The second kappa shape index (κ2) is 4.78. The monoisotopic (exact) mass is 252 g/mol. The highest BCUT2D eigenvalue weighted by molar-refractivity contribution is 7.10. The van der Waals surface area contributed by atoms with Gasteiger partial charge in [0.15, 0.2) is 0 Å². The molecule has 1 aliphatic carbocycles. The van der Waals surface area contributed by atoms with Crippen LogP contribution in [-0.4, -0.2) is 23.4 Å². The van der Waals surface area contributed by atoms with Crippen LogP contribution in [0.4, 0.5) is 0 Å². The number of aryl methyl sites for hydroxylation is 1. The van der Waals surface area contributed by atoms with Gasteiger partial charge in [0.05, 0.1) is 6.54 Å². The van der Waals surface area contributed by atoms with Crippen molar-refractivity contribution in [1.29, 1.82) is 0 Å². The summed E-state index contributed by atoms with van der Waals surface area (Å²) in [5, 5.41) is 2.07. The Labute approximate surface area is 107 Å². The summed E-state index contributed by atoms with van der Waals surface area (Å²) in [4.78, 5) is 15.1. The molecule has 0 radical (unpaired) electrons. The third kappa shape index (κ3) is 2.87. The summed E-state index contributed by atoms with van der Waals surface area (Å²) < 4.78 is 0. The average molecular weight is 252 g/mol. The smallest absolute Gasteiger partial charge is 0.224 e. The second-order valence-electron chi connectivity index (χ2n) is 5.17. The number of carbonyl (C=O) groups is 1. The summed E-state index contributed by atoms with van der Waals surface area (Å²) in [6.45, 7) is 2.79. The number of amides is 1. The molecule has 0 unspecified atom stereocenters. The Bertz CT molecular complexity index is 409. The van der Waals surface area contributed by atoms with Crippen molar-refractivity contribution < 1.29 is 4.79 Å². The molecule has 4 heteroatoms. The van der Waals surface area contributed by atoms with Gasteiger partial charge in [-0.3, -0.25) is 4.79 Å². The molecule has 1 amide bonds. The first-order valence-electron chi connectivity index (χ1n) is 6.06. The lowest BCUT2D eigenvalue weighted by Crippen LogP contribution is -2.50. The highest BCUT2D eigenvalue weighted by Gasteiger charge is 2.35. The zero-order valence-electron chi connectivity index (χ0n) is 10.5. The van der Waals surface area contributed by atoms with Gasteiger partial charge in [-0.15, -0.1) is 11.3 Å². The van der Waals surface area contributed by atoms with Crippen molar-refractivity contribution in [2.24, 2.45) is 5.73 Å². The van der Waals surface area contributed by atoms with Crippen molar-refractivity contribution in [2.45, 2.75) is 44.7 Å². The summed E-state index contributed by atoms with van der Waals surface area (Å²) in [7, 11) is 1.86. The van der Waals surface area contributed by atoms with Crippen LogP contribution < -0.4 is 5.73 Å². The molecule has 0 aromatic carbocycles. The predicted molar refractivity (Wildman–Crippen MR) is 70.9 cm³/mol. The van der Waals surface area contributed by atoms with E-state index in [2.05, 4.69) is 18.4 Å². The topological polar surface area (TPSA) is 46.3 Å². The average Bonchev–Trinajstić information content (AvgIpc) is 2.62. The molecule has 0 aliphatic heterocycles. The van der Waals surface area contributed by atoms with Crippen molar-refractivity contribution in [2.75, 3.05) is 7.05 Å². The van der Waals surface area contributed by atoms with Crippen LogP contribution in [0.25, 0.3) is 0 Å². The van der Waals surface area contributed by atoms with Crippen LogP contribution in [0.3, 0.4) is 0 Å². The van der Waals surface area contributed by atoms with E-state index >= 15 is 0 Å². The van der Waals surface area contributed by atoms with Crippen molar-refractivity contribution in [3.63, 3.8) is 0 Å². The Balaban J connectivity index is 1.89. The lowest BCUT2D eigenvalue weighted by atomic mass is 9.75. The highest BCUT2D eigenvalue weighted by atomic mass is 32.1. The van der Waals surface area contributed by atoms with Gasteiger partial charge in [0.25, 0.3) is 0 Å². The van der Waals surface area contributed by atoms with Crippen molar-refractivity contribution >= 4 is 17.2 Å². The Hall–Kier alpha value is -0.870. The number of hydrogen-bond donors (Lipinski definition) is 1. The quantitative estimate of drug-likeness (QED) is 0.893. The first kappa shape index (κ1) is 12.6. The first-order valence-corrected chi connectivity index (χ1v) is 6.94. The SMILES string of the molecule is Cc1ccsc1CN(C)C(=O)CC1(N)CCC1. The van der Waals surface area contributed by atoms with Gasteiger partial charge in [0, 0.05) is 23.9 Å². The van der Waals surface area contributed by atoms with Gasteiger partial charge in [-0.25, -0.2) is 0 Å². The minimum Gasteiger partial charge on any atom is -0.341 e. The molecule has 2 N–H and O–H groups in total. The molecule has 17 heavy (non-hydrogen) atoms. The summed E-state index contributed by atoms with van der Waals surface area (Å²) in [6.07, 6.45) is 3.64. The van der Waals surface area contributed by atoms with E-state index in [9.17, 15) is 4.79 Å². The maximum atomic E-state index is 12.0. The third-order valence-electron chi connectivity index (χ3n) is 3.63. The van der Waals surface area contributed by atoms with Gasteiger partial charge in [0.1, 0.15) is 0 Å². The number of carbonyl (C=O) groups excluding carboxylic acids is 1. The van der Waals surface area contributed by atoms with Crippen molar-refractivity contribution in [1.82, 2.24) is 4.90 Å². The first-order chi connectivity index (χ1) is 8.00. The van der Waals surface area contributed by atoms with E-state index in [0.29, 0.717) is 13.0 Å². The minimum absolute atomic E-state index is 0.167. The Morgan fingerprint density at radius 2 is 2.29 bits per heavy atom. The van der Waals surface area contributed by atoms with Crippen LogP contribution in [0.1, 0.15) is 36.1 Å². The molecule has 2 rings (SSSR count). The van der Waals surface area contributed by atoms with Crippen LogP contribution in [0.2, 0.25) is 0 Å². The van der Waals surface area contributed by atoms with E-state index in [4.69, 9.17) is 5.73 Å². The van der Waals surface area contributed by atoms with E-state index in [1.54, 1.807) is 16.2 Å². The highest BCUT2D eigenvalue weighted by Crippen LogP contribution is 2.32. The molecule has 0 atom stereocenters. The molecule has 0 bridgehead atoms. The molecule has 0 saturated heterocycles. The molecule has 1 aromatic heterocycles. The van der Waals surface area contributed by atoms with Crippen LogP contribution in [-0.2, 0) is 11.3 Å². The van der Waals surface area contributed by atoms with Gasteiger partial charge in [-0.05, 0) is 43.2 Å². The van der Waals surface area contributed by atoms with Gasteiger partial charge in [-0.2, -0.15) is 0 Å². The summed E-state index contributed by atoms with van der Waals surface area (Å²) in [5.74, 6) is 0.167. The van der Waals surface area contributed by atoms with Gasteiger partial charge in [0.2, 0.25) is 5.91 Å². The van der Waals surface area contributed by atoms with E-state index in [1.165, 1.54) is 10.4 Å². The van der Waals surface area contributed by atoms with Crippen LogP contribution in [0, 0.1) is 6.92 Å². The molecule has 0 spiro atoms. The number of hydrogen-bond acceptors (Lipinski definition) is 3. The van der Waals surface area contributed by atoms with Crippen LogP contribution >= 0.6 is 11.3 Å².